The fourth-order valence-corrected chi connectivity index (χ4v) is 2.27. The van der Waals surface area contributed by atoms with E-state index in [1.165, 1.54) is 0 Å². The summed E-state index contributed by atoms with van der Waals surface area (Å²) in [4.78, 5) is 73.3. The Morgan fingerprint density at radius 1 is 0.583 bits per heavy atom. The van der Waals surface area contributed by atoms with Gasteiger partial charge in [-0.3, -0.25) is 38.6 Å². The number of rotatable bonds is 3. The Hall–Kier alpha value is -3.30. The minimum absolute atomic E-state index is 0.481. The molecule has 2 heterocycles. The quantitative estimate of drug-likeness (QED) is 0.424. The fraction of sp³-hybridized carbons (Fsp3) is 0.286. The number of imide groups is 2. The Morgan fingerprint density at radius 3 is 1.12 bits per heavy atom. The van der Waals surface area contributed by atoms with Gasteiger partial charge in [-0.1, -0.05) is 0 Å². The van der Waals surface area contributed by atoms with Crippen LogP contribution in [0.1, 0.15) is 0 Å². The maximum Gasteiger partial charge on any atom is 0.304 e. The van der Waals surface area contributed by atoms with Crippen LogP contribution in [0.25, 0.3) is 0 Å². The molecule has 0 spiro atoms. The Kier molecular flexibility index (Phi) is 4.07. The number of ketones is 2. The van der Waals surface area contributed by atoms with E-state index in [9.17, 15) is 28.8 Å². The third-order valence-electron chi connectivity index (χ3n) is 3.56. The van der Waals surface area contributed by atoms with Gasteiger partial charge in [0.2, 0.25) is 0 Å². The number of likely N-dealkylation sites (N-methyl/N-ethyl adjacent to an activating group) is 2. The average Bonchev–Trinajstić information content (AvgIpc) is 2.57. The standard InChI is InChI=1S/C14H12N2O8/c1-15-11(19)5(9(23-3)7(17)13(15)21)6-10(24-4)8(18)14(22)16(2)12(6)20/h1-4H3. The number of nitrogens with zero attached hydrogens (tertiary/aromatic N) is 2. The molecule has 10 heteroatoms. The highest BCUT2D eigenvalue weighted by Crippen LogP contribution is 2.30. The van der Waals surface area contributed by atoms with Crippen LogP contribution in [0.2, 0.25) is 0 Å². The van der Waals surface area contributed by atoms with E-state index < -0.39 is 57.9 Å². The Balaban J connectivity index is 2.87. The van der Waals surface area contributed by atoms with Crippen molar-refractivity contribution >= 4 is 35.2 Å². The summed E-state index contributed by atoms with van der Waals surface area (Å²) < 4.78 is 9.60. The molecule has 0 fully saturated rings. The van der Waals surface area contributed by atoms with E-state index in [1.54, 1.807) is 0 Å². The van der Waals surface area contributed by atoms with E-state index in [-0.39, 0.29) is 0 Å². The third kappa shape index (κ3) is 2.11. The minimum atomic E-state index is -1.17. The zero-order valence-electron chi connectivity index (χ0n) is 13.2. The van der Waals surface area contributed by atoms with Gasteiger partial charge in [-0.2, -0.15) is 0 Å². The highest BCUT2D eigenvalue weighted by Gasteiger charge is 2.48. The molecule has 0 aliphatic carbocycles. The lowest BCUT2D eigenvalue weighted by molar-refractivity contribution is -0.152. The smallest absolute Gasteiger partial charge is 0.304 e. The van der Waals surface area contributed by atoms with Gasteiger partial charge in [-0.15, -0.1) is 0 Å². The summed E-state index contributed by atoms with van der Waals surface area (Å²) in [6.07, 6.45) is 0. The highest BCUT2D eigenvalue weighted by atomic mass is 16.5. The van der Waals surface area contributed by atoms with E-state index in [0.717, 1.165) is 28.3 Å². The van der Waals surface area contributed by atoms with Gasteiger partial charge >= 0.3 is 11.8 Å². The van der Waals surface area contributed by atoms with Crippen molar-refractivity contribution < 1.29 is 38.2 Å². The van der Waals surface area contributed by atoms with E-state index in [0.29, 0.717) is 9.80 Å². The fourth-order valence-electron chi connectivity index (χ4n) is 2.27. The molecular weight excluding hydrogens is 324 g/mol. The number of carbonyl (C=O) groups is 6. The molecule has 0 bridgehead atoms. The number of methoxy groups -OCH3 is 2. The molecular formula is C14H12N2O8. The molecule has 0 N–H and O–H groups in total. The second-order valence-electron chi connectivity index (χ2n) is 4.81. The molecule has 2 rings (SSSR count). The SMILES string of the molecule is COC1=C(C2=C(OC)C(=O)C(=O)N(C)C2=O)C(=O)N(C)C(=O)C1=O. The van der Waals surface area contributed by atoms with Crippen molar-refractivity contribution in [2.24, 2.45) is 0 Å². The van der Waals surface area contributed by atoms with Crippen LogP contribution in [0.5, 0.6) is 0 Å². The third-order valence-corrected chi connectivity index (χ3v) is 3.56. The van der Waals surface area contributed by atoms with Gasteiger partial charge in [0.25, 0.3) is 23.4 Å². The van der Waals surface area contributed by atoms with Crippen molar-refractivity contribution in [3.8, 4) is 0 Å². The molecule has 0 atom stereocenters. The van der Waals surface area contributed by atoms with Crippen molar-refractivity contribution in [3.05, 3.63) is 22.7 Å². The summed E-state index contributed by atoms with van der Waals surface area (Å²) in [5.41, 5.74) is -1.22. The van der Waals surface area contributed by atoms with Gasteiger partial charge in [0, 0.05) is 14.1 Å². The zero-order chi connectivity index (χ0) is 18.3. The number of carbonyl (C=O) groups excluding carboxylic acids is 6. The Morgan fingerprint density at radius 2 is 0.875 bits per heavy atom. The summed E-state index contributed by atoms with van der Waals surface area (Å²) in [7, 11) is 4.12. The first-order chi connectivity index (χ1) is 11.2. The maximum atomic E-state index is 12.4. The van der Waals surface area contributed by atoms with Crippen LogP contribution >= 0.6 is 0 Å². The molecule has 0 saturated carbocycles. The first-order valence-electron chi connectivity index (χ1n) is 6.49. The van der Waals surface area contributed by atoms with Crippen LogP contribution in [0.15, 0.2) is 22.7 Å². The zero-order valence-corrected chi connectivity index (χ0v) is 13.2. The van der Waals surface area contributed by atoms with Crippen LogP contribution < -0.4 is 0 Å². The number of amides is 4. The van der Waals surface area contributed by atoms with E-state index in [1.807, 2.05) is 0 Å². The summed E-state index contributed by atoms with van der Waals surface area (Å²) in [6, 6.07) is 0. The summed E-state index contributed by atoms with van der Waals surface area (Å²) in [5, 5.41) is 0. The highest BCUT2D eigenvalue weighted by molar-refractivity contribution is 6.51. The van der Waals surface area contributed by atoms with Crippen molar-refractivity contribution in [1.82, 2.24) is 9.80 Å². The van der Waals surface area contributed by atoms with Gasteiger partial charge in [-0.25, -0.2) is 0 Å². The van der Waals surface area contributed by atoms with Crippen molar-refractivity contribution in [3.63, 3.8) is 0 Å². The minimum Gasteiger partial charge on any atom is -0.492 e. The lowest BCUT2D eigenvalue weighted by Gasteiger charge is -2.29. The largest absolute Gasteiger partial charge is 0.492 e. The molecule has 0 saturated heterocycles. The summed E-state index contributed by atoms with van der Waals surface area (Å²) in [5.74, 6) is -8.11. The first kappa shape index (κ1) is 17.1. The Bertz CT molecular complexity index is 723. The van der Waals surface area contributed by atoms with Gasteiger partial charge < -0.3 is 9.47 Å². The summed E-state index contributed by atoms with van der Waals surface area (Å²) in [6.45, 7) is 0. The van der Waals surface area contributed by atoms with Crippen LogP contribution in [0.3, 0.4) is 0 Å². The van der Waals surface area contributed by atoms with Gasteiger partial charge in [0.15, 0.2) is 11.5 Å². The lowest BCUT2D eigenvalue weighted by Crippen LogP contribution is -2.50. The second kappa shape index (κ2) is 5.72. The van der Waals surface area contributed by atoms with Crippen LogP contribution in [0, 0.1) is 0 Å². The molecule has 0 radical (unpaired) electrons. The lowest BCUT2D eigenvalue weighted by atomic mass is 9.92. The molecule has 24 heavy (non-hydrogen) atoms. The number of ether oxygens (including phenoxy) is 2. The van der Waals surface area contributed by atoms with E-state index >= 15 is 0 Å². The molecule has 0 aromatic heterocycles. The van der Waals surface area contributed by atoms with Crippen molar-refractivity contribution in [1.29, 1.82) is 0 Å². The molecule has 0 aromatic rings. The van der Waals surface area contributed by atoms with Crippen molar-refractivity contribution in [2.45, 2.75) is 0 Å². The molecule has 2 aliphatic rings. The van der Waals surface area contributed by atoms with Gasteiger partial charge in [0.05, 0.1) is 14.2 Å². The van der Waals surface area contributed by atoms with Crippen LogP contribution in [0.4, 0.5) is 0 Å². The van der Waals surface area contributed by atoms with E-state index in [2.05, 4.69) is 0 Å². The molecule has 2 aliphatic heterocycles. The average molecular weight is 336 g/mol. The molecule has 0 aromatic carbocycles. The molecule has 4 amide bonds. The van der Waals surface area contributed by atoms with E-state index in [4.69, 9.17) is 9.47 Å². The first-order valence-corrected chi connectivity index (χ1v) is 6.49. The van der Waals surface area contributed by atoms with Crippen LogP contribution in [-0.2, 0) is 38.2 Å². The van der Waals surface area contributed by atoms with Gasteiger partial charge in [0.1, 0.15) is 11.1 Å². The number of Topliss-reactive ketones (excluding diaryl/α,β-unsaturated/α-hetero) is 2. The second-order valence-corrected chi connectivity index (χ2v) is 4.81. The summed E-state index contributed by atoms with van der Waals surface area (Å²) >= 11 is 0. The van der Waals surface area contributed by atoms with Crippen molar-refractivity contribution in [2.75, 3.05) is 28.3 Å². The number of hydrogen-bond acceptors (Lipinski definition) is 8. The van der Waals surface area contributed by atoms with Gasteiger partial charge in [-0.05, 0) is 0 Å². The molecule has 10 nitrogen and oxygen atoms in total. The monoisotopic (exact) mass is 336 g/mol. The predicted octanol–water partition coefficient (Wildman–Crippen LogP) is -2.08. The molecule has 126 valence electrons. The van der Waals surface area contributed by atoms with Crippen LogP contribution in [-0.4, -0.2) is 73.3 Å². The normalized spacial score (nSPS) is 19.7. The Labute approximate surface area is 135 Å². The maximum absolute atomic E-state index is 12.4. The number of hydrogen-bond donors (Lipinski definition) is 0. The predicted molar refractivity (Wildman–Crippen MR) is 73.6 cm³/mol. The molecule has 0 unspecified atom stereocenters. The topological polar surface area (TPSA) is 127 Å².